The van der Waals surface area contributed by atoms with E-state index in [-0.39, 0.29) is 30.6 Å². The first kappa shape index (κ1) is 20.0. The zero-order chi connectivity index (χ0) is 21.3. The van der Waals surface area contributed by atoms with Gasteiger partial charge in [-0.2, -0.15) is 0 Å². The van der Waals surface area contributed by atoms with Gasteiger partial charge >= 0.3 is 0 Å². The first-order chi connectivity index (χ1) is 14.5. The molecule has 0 spiro atoms. The van der Waals surface area contributed by atoms with Crippen LogP contribution in [-0.4, -0.2) is 54.2 Å². The number of carbonyl (C=O) groups is 2. The van der Waals surface area contributed by atoms with Crippen molar-refractivity contribution in [2.45, 2.75) is 26.0 Å². The van der Waals surface area contributed by atoms with E-state index < -0.39 is 17.7 Å². The fraction of sp³-hybridized carbons (Fsp3) is 0.364. The summed E-state index contributed by atoms with van der Waals surface area (Å²) in [5.41, 5.74) is 0.323. The van der Waals surface area contributed by atoms with Gasteiger partial charge < -0.3 is 28.6 Å². The number of fused-ring (bicyclic) bond motifs is 1. The van der Waals surface area contributed by atoms with Gasteiger partial charge in [-0.1, -0.05) is 0 Å². The molecule has 0 aliphatic carbocycles. The minimum Gasteiger partial charge on any atom is -0.507 e. The Hall–Kier alpha value is -3.26. The van der Waals surface area contributed by atoms with E-state index in [0.29, 0.717) is 36.0 Å². The normalized spacial score (nSPS) is 20.2. The standard InChI is InChI=1S/C22H23NO7/c1-13(2)27-9-7-23-19(16-4-3-8-28-16)18(21(25)22(23)26)20(24)14-5-6-15-17(12-14)30-11-10-29-15/h3-6,8,12-13,19,24H,7,9-11H2,1-2H3/b20-18-. The Morgan fingerprint density at radius 2 is 1.97 bits per heavy atom. The summed E-state index contributed by atoms with van der Waals surface area (Å²) < 4.78 is 22.1. The maximum absolute atomic E-state index is 12.9. The molecule has 8 nitrogen and oxygen atoms in total. The second-order valence-corrected chi connectivity index (χ2v) is 7.29. The summed E-state index contributed by atoms with van der Waals surface area (Å²) in [6.45, 7) is 5.06. The summed E-state index contributed by atoms with van der Waals surface area (Å²) in [6.07, 6.45) is 1.45. The fourth-order valence-corrected chi connectivity index (χ4v) is 3.59. The first-order valence-corrected chi connectivity index (χ1v) is 9.81. The van der Waals surface area contributed by atoms with E-state index >= 15 is 0 Å². The number of hydrogen-bond donors (Lipinski definition) is 1. The highest BCUT2D eigenvalue weighted by Gasteiger charge is 2.47. The lowest BCUT2D eigenvalue weighted by atomic mass is 9.99. The topological polar surface area (TPSA) is 98.4 Å². The zero-order valence-electron chi connectivity index (χ0n) is 16.8. The third kappa shape index (κ3) is 3.66. The molecule has 1 aromatic carbocycles. The van der Waals surface area contributed by atoms with Gasteiger partial charge in [-0.25, -0.2) is 0 Å². The van der Waals surface area contributed by atoms with Crippen LogP contribution < -0.4 is 9.47 Å². The number of ether oxygens (including phenoxy) is 3. The maximum Gasteiger partial charge on any atom is 0.295 e. The first-order valence-electron chi connectivity index (χ1n) is 9.81. The number of ketones is 1. The predicted molar refractivity (Wildman–Crippen MR) is 106 cm³/mol. The third-order valence-electron chi connectivity index (χ3n) is 4.95. The van der Waals surface area contributed by atoms with Crippen molar-refractivity contribution < 1.29 is 33.3 Å². The summed E-state index contributed by atoms with van der Waals surface area (Å²) in [7, 11) is 0. The molecule has 3 heterocycles. The molecule has 0 saturated carbocycles. The molecule has 30 heavy (non-hydrogen) atoms. The Morgan fingerprint density at radius 1 is 1.20 bits per heavy atom. The molecule has 1 amide bonds. The van der Waals surface area contributed by atoms with Crippen LogP contribution in [0, 0.1) is 0 Å². The Bertz CT molecular complexity index is 977. The van der Waals surface area contributed by atoms with Crippen LogP contribution in [0.25, 0.3) is 5.76 Å². The van der Waals surface area contributed by atoms with Crippen LogP contribution in [-0.2, 0) is 14.3 Å². The van der Waals surface area contributed by atoms with Crippen LogP contribution >= 0.6 is 0 Å². The summed E-state index contributed by atoms with van der Waals surface area (Å²) in [6, 6.07) is 7.38. The zero-order valence-corrected chi connectivity index (χ0v) is 16.8. The molecule has 1 unspecified atom stereocenters. The van der Waals surface area contributed by atoms with Crippen molar-refractivity contribution in [3.63, 3.8) is 0 Å². The molecule has 0 radical (unpaired) electrons. The van der Waals surface area contributed by atoms with Gasteiger partial charge in [0.25, 0.3) is 11.7 Å². The van der Waals surface area contributed by atoms with Crippen molar-refractivity contribution in [1.29, 1.82) is 0 Å². The van der Waals surface area contributed by atoms with Crippen LogP contribution in [0.15, 0.2) is 46.6 Å². The predicted octanol–water partition coefficient (Wildman–Crippen LogP) is 2.90. The number of likely N-dealkylation sites (tertiary alicyclic amines) is 1. The average molecular weight is 413 g/mol. The number of Topliss-reactive ketones (excluding diaryl/α,β-unsaturated/α-hetero) is 1. The summed E-state index contributed by atoms with van der Waals surface area (Å²) in [4.78, 5) is 27.0. The Kier molecular flexibility index (Phi) is 5.50. The van der Waals surface area contributed by atoms with Crippen LogP contribution in [0.5, 0.6) is 11.5 Å². The molecule has 1 N–H and O–H groups in total. The van der Waals surface area contributed by atoms with E-state index in [9.17, 15) is 14.7 Å². The maximum atomic E-state index is 12.9. The van der Waals surface area contributed by atoms with Crippen molar-refractivity contribution >= 4 is 17.4 Å². The van der Waals surface area contributed by atoms with Gasteiger partial charge in [-0.15, -0.1) is 0 Å². The lowest BCUT2D eigenvalue weighted by molar-refractivity contribution is -0.140. The minimum absolute atomic E-state index is 0.0124. The van der Waals surface area contributed by atoms with E-state index in [0.717, 1.165) is 0 Å². The van der Waals surface area contributed by atoms with Crippen molar-refractivity contribution in [1.82, 2.24) is 4.90 Å². The van der Waals surface area contributed by atoms with Gasteiger partial charge in [0.15, 0.2) is 11.5 Å². The van der Waals surface area contributed by atoms with E-state index in [4.69, 9.17) is 18.6 Å². The SMILES string of the molecule is CC(C)OCCN1C(=O)C(=O)/C(=C(\O)c2ccc3c(c2)OCCO3)C1c1ccco1. The molecule has 4 rings (SSSR count). The number of rotatable bonds is 6. The molecule has 2 aliphatic heterocycles. The van der Waals surface area contributed by atoms with E-state index in [2.05, 4.69) is 0 Å². The highest BCUT2D eigenvalue weighted by Crippen LogP contribution is 2.41. The molecule has 1 fully saturated rings. The average Bonchev–Trinajstić information content (AvgIpc) is 3.35. The molecule has 2 aliphatic rings. The van der Waals surface area contributed by atoms with Crippen LogP contribution in [0.1, 0.15) is 31.2 Å². The number of amides is 1. The van der Waals surface area contributed by atoms with E-state index in [1.807, 2.05) is 13.8 Å². The van der Waals surface area contributed by atoms with E-state index in [1.165, 1.54) is 11.2 Å². The second kappa shape index (κ2) is 8.23. The van der Waals surface area contributed by atoms with Gasteiger partial charge in [0.2, 0.25) is 0 Å². The van der Waals surface area contributed by atoms with Crippen LogP contribution in [0.3, 0.4) is 0 Å². The minimum atomic E-state index is -0.844. The number of furan rings is 1. The molecule has 1 saturated heterocycles. The van der Waals surface area contributed by atoms with Crippen LogP contribution in [0.2, 0.25) is 0 Å². The molecule has 2 aromatic rings. The largest absolute Gasteiger partial charge is 0.507 e. The fourth-order valence-electron chi connectivity index (χ4n) is 3.59. The van der Waals surface area contributed by atoms with Gasteiger partial charge in [0.05, 0.1) is 24.5 Å². The molecule has 1 aromatic heterocycles. The van der Waals surface area contributed by atoms with Gasteiger partial charge in [0.1, 0.15) is 30.8 Å². The van der Waals surface area contributed by atoms with Gasteiger partial charge in [-0.3, -0.25) is 9.59 Å². The Labute approximate surface area is 173 Å². The van der Waals surface area contributed by atoms with E-state index in [1.54, 1.807) is 30.3 Å². The highest BCUT2D eigenvalue weighted by atomic mass is 16.6. The lowest BCUT2D eigenvalue weighted by Crippen LogP contribution is -2.33. The quantitative estimate of drug-likeness (QED) is 0.442. The van der Waals surface area contributed by atoms with Crippen molar-refractivity contribution in [3.05, 3.63) is 53.5 Å². The highest BCUT2D eigenvalue weighted by molar-refractivity contribution is 6.46. The monoisotopic (exact) mass is 413 g/mol. The number of carbonyl (C=O) groups excluding carboxylic acids is 2. The second-order valence-electron chi connectivity index (χ2n) is 7.29. The summed E-state index contributed by atoms with van der Waals surface area (Å²) >= 11 is 0. The Morgan fingerprint density at radius 3 is 2.67 bits per heavy atom. The molecule has 1 atom stereocenters. The number of aliphatic hydroxyl groups is 1. The number of nitrogens with zero attached hydrogens (tertiary/aromatic N) is 1. The molecule has 8 heteroatoms. The molecule has 158 valence electrons. The van der Waals surface area contributed by atoms with Crippen LogP contribution in [0.4, 0.5) is 0 Å². The number of benzene rings is 1. The lowest BCUT2D eigenvalue weighted by Gasteiger charge is -2.24. The number of aliphatic hydroxyl groups excluding tert-OH is 1. The third-order valence-corrected chi connectivity index (χ3v) is 4.95. The van der Waals surface area contributed by atoms with Crippen molar-refractivity contribution in [2.75, 3.05) is 26.4 Å². The Balaban J connectivity index is 1.74. The van der Waals surface area contributed by atoms with Crippen molar-refractivity contribution in [2.24, 2.45) is 0 Å². The smallest absolute Gasteiger partial charge is 0.295 e. The molecule has 0 bridgehead atoms. The summed E-state index contributed by atoms with van der Waals surface area (Å²) in [5.74, 6) is -0.348. The molecular weight excluding hydrogens is 390 g/mol. The van der Waals surface area contributed by atoms with Gasteiger partial charge in [0, 0.05) is 12.1 Å². The van der Waals surface area contributed by atoms with Gasteiger partial charge in [-0.05, 0) is 44.2 Å². The number of hydrogen-bond acceptors (Lipinski definition) is 7. The summed E-state index contributed by atoms with van der Waals surface area (Å²) in [5, 5.41) is 11.0. The molecular formula is C22H23NO7. The van der Waals surface area contributed by atoms with Crippen molar-refractivity contribution in [3.8, 4) is 11.5 Å².